The van der Waals surface area contributed by atoms with Crippen LogP contribution in [0.2, 0.25) is 0 Å². The van der Waals surface area contributed by atoms with Gasteiger partial charge in [-0.2, -0.15) is 0 Å². The van der Waals surface area contributed by atoms with E-state index in [1.54, 1.807) is 0 Å². The molecular weight excluding hydrogens is 354 g/mol. The second-order valence-corrected chi connectivity index (χ2v) is 8.32. The van der Waals surface area contributed by atoms with Crippen LogP contribution in [0.3, 0.4) is 0 Å². The number of carbonyl (C=O) groups is 1. The van der Waals surface area contributed by atoms with Gasteiger partial charge in [-0.3, -0.25) is 4.90 Å². The fourth-order valence-corrected chi connectivity index (χ4v) is 4.96. The zero-order valence-corrected chi connectivity index (χ0v) is 16.3. The van der Waals surface area contributed by atoms with Crippen molar-refractivity contribution in [3.8, 4) is 0 Å². The standard InChI is InChI=1S/C21H29N5O2/c27-21-24-14-16-13-23-20-18(1-7-22-20)19(16)26(21)17-3-9-25(10-4-17)8-2-15-5-11-28-12-6-15/h1,7,13,15,17H,2-6,8-12,14H2,(H,22,23)(H,24,27). The third kappa shape index (κ3) is 3.37. The summed E-state index contributed by atoms with van der Waals surface area (Å²) in [5, 5.41) is 4.08. The first-order chi connectivity index (χ1) is 13.8. The van der Waals surface area contributed by atoms with Crippen LogP contribution in [0.4, 0.5) is 10.5 Å². The lowest BCUT2D eigenvalue weighted by atomic mass is 9.95. The Bertz CT molecular complexity index is 836. The minimum Gasteiger partial charge on any atom is -0.381 e. The summed E-state index contributed by atoms with van der Waals surface area (Å²) < 4.78 is 5.47. The van der Waals surface area contributed by atoms with Crippen LogP contribution in [0.15, 0.2) is 18.5 Å². The highest BCUT2D eigenvalue weighted by Gasteiger charge is 2.34. The van der Waals surface area contributed by atoms with Crippen LogP contribution in [0.5, 0.6) is 0 Å². The summed E-state index contributed by atoms with van der Waals surface area (Å²) >= 11 is 0. The lowest BCUT2D eigenvalue weighted by molar-refractivity contribution is 0.0589. The molecule has 0 radical (unpaired) electrons. The summed E-state index contributed by atoms with van der Waals surface area (Å²) in [5.74, 6) is 0.820. The Balaban J connectivity index is 1.26. The molecule has 7 nitrogen and oxygen atoms in total. The highest BCUT2D eigenvalue weighted by atomic mass is 16.5. The van der Waals surface area contributed by atoms with Crippen molar-refractivity contribution in [1.82, 2.24) is 20.2 Å². The number of aromatic amines is 1. The number of rotatable bonds is 4. The maximum absolute atomic E-state index is 12.8. The van der Waals surface area contributed by atoms with Crippen molar-refractivity contribution in [2.24, 2.45) is 5.92 Å². The summed E-state index contributed by atoms with van der Waals surface area (Å²) in [6, 6.07) is 2.32. The summed E-state index contributed by atoms with van der Waals surface area (Å²) in [6.45, 7) is 5.72. The fraction of sp³-hybridized carbons (Fsp3) is 0.619. The molecule has 0 unspecified atom stereocenters. The van der Waals surface area contributed by atoms with Gasteiger partial charge in [0.25, 0.3) is 0 Å². The molecule has 2 fully saturated rings. The predicted molar refractivity (Wildman–Crippen MR) is 108 cm³/mol. The number of pyridine rings is 1. The maximum Gasteiger partial charge on any atom is 0.322 e. The van der Waals surface area contributed by atoms with Gasteiger partial charge < -0.3 is 19.9 Å². The van der Waals surface area contributed by atoms with Crippen LogP contribution < -0.4 is 10.2 Å². The molecule has 7 heteroatoms. The van der Waals surface area contributed by atoms with E-state index in [0.717, 1.165) is 67.3 Å². The van der Waals surface area contributed by atoms with Gasteiger partial charge in [-0.1, -0.05) is 0 Å². The average molecular weight is 383 g/mol. The Morgan fingerprint density at radius 3 is 2.82 bits per heavy atom. The molecule has 5 rings (SSSR count). The number of ether oxygens (including phenoxy) is 1. The number of hydrogen-bond donors (Lipinski definition) is 2. The van der Waals surface area contributed by atoms with E-state index >= 15 is 0 Å². The van der Waals surface area contributed by atoms with E-state index in [9.17, 15) is 4.79 Å². The molecular formula is C21H29N5O2. The molecule has 28 heavy (non-hydrogen) atoms. The van der Waals surface area contributed by atoms with Crippen LogP contribution in [0, 0.1) is 5.92 Å². The third-order valence-electron chi connectivity index (χ3n) is 6.64. The SMILES string of the molecule is O=C1NCc2cnc3[nH]ccc3c2N1C1CCN(CCC2CCOCC2)CC1. The lowest BCUT2D eigenvalue weighted by Crippen LogP contribution is -2.53. The topological polar surface area (TPSA) is 73.5 Å². The van der Waals surface area contributed by atoms with Crippen molar-refractivity contribution >= 4 is 22.8 Å². The summed E-state index contributed by atoms with van der Waals surface area (Å²) in [4.78, 5) is 25.0. The Hall–Kier alpha value is -2.12. The molecule has 150 valence electrons. The molecule has 0 aromatic carbocycles. The van der Waals surface area contributed by atoms with Gasteiger partial charge in [-0.05, 0) is 50.6 Å². The Morgan fingerprint density at radius 2 is 2.00 bits per heavy atom. The molecule has 0 atom stereocenters. The Kier molecular flexibility index (Phi) is 4.94. The number of likely N-dealkylation sites (tertiary alicyclic amines) is 1. The molecule has 2 amide bonds. The monoisotopic (exact) mass is 383 g/mol. The van der Waals surface area contributed by atoms with Crippen molar-refractivity contribution < 1.29 is 9.53 Å². The third-order valence-corrected chi connectivity index (χ3v) is 6.64. The number of nitrogens with zero attached hydrogens (tertiary/aromatic N) is 3. The van der Waals surface area contributed by atoms with E-state index in [1.165, 1.54) is 25.8 Å². The number of aromatic nitrogens is 2. The van der Waals surface area contributed by atoms with Crippen molar-refractivity contribution in [3.63, 3.8) is 0 Å². The van der Waals surface area contributed by atoms with E-state index in [-0.39, 0.29) is 12.1 Å². The zero-order valence-electron chi connectivity index (χ0n) is 16.3. The number of hydrogen-bond acceptors (Lipinski definition) is 4. The molecule has 2 N–H and O–H groups in total. The molecule has 2 aromatic rings. The highest BCUT2D eigenvalue weighted by Crippen LogP contribution is 2.35. The first-order valence-corrected chi connectivity index (χ1v) is 10.6. The average Bonchev–Trinajstić information content (AvgIpc) is 3.23. The van der Waals surface area contributed by atoms with E-state index in [2.05, 4.69) is 20.2 Å². The maximum atomic E-state index is 12.8. The molecule has 3 aliphatic rings. The van der Waals surface area contributed by atoms with Crippen molar-refractivity contribution in [1.29, 1.82) is 0 Å². The summed E-state index contributed by atoms with van der Waals surface area (Å²) in [6.07, 6.45) is 9.54. The Morgan fingerprint density at radius 1 is 1.18 bits per heavy atom. The van der Waals surface area contributed by atoms with Crippen molar-refractivity contribution in [2.75, 3.05) is 37.7 Å². The Labute approximate surface area is 165 Å². The molecule has 0 saturated carbocycles. The van der Waals surface area contributed by atoms with Crippen molar-refractivity contribution in [2.45, 2.75) is 44.7 Å². The molecule has 3 aliphatic heterocycles. The second kappa shape index (κ2) is 7.72. The smallest absolute Gasteiger partial charge is 0.322 e. The van der Waals surface area contributed by atoms with Crippen LogP contribution in [-0.2, 0) is 11.3 Å². The fourth-order valence-electron chi connectivity index (χ4n) is 4.96. The van der Waals surface area contributed by atoms with Crippen LogP contribution >= 0.6 is 0 Å². The van der Waals surface area contributed by atoms with E-state index in [4.69, 9.17) is 4.74 Å². The first kappa shape index (κ1) is 17.9. The number of piperidine rings is 1. The van der Waals surface area contributed by atoms with Gasteiger partial charge in [0.1, 0.15) is 5.65 Å². The van der Waals surface area contributed by atoms with Gasteiger partial charge in [0.05, 0.1) is 5.69 Å². The predicted octanol–water partition coefficient (Wildman–Crippen LogP) is 2.87. The minimum atomic E-state index is 0.0295. The summed E-state index contributed by atoms with van der Waals surface area (Å²) in [5.41, 5.74) is 3.01. The van der Waals surface area contributed by atoms with Gasteiger partial charge in [-0.25, -0.2) is 9.78 Å². The normalized spacial score (nSPS) is 22.4. The molecule has 0 spiro atoms. The van der Waals surface area contributed by atoms with Gasteiger partial charge in [0.2, 0.25) is 0 Å². The minimum absolute atomic E-state index is 0.0295. The quantitative estimate of drug-likeness (QED) is 0.851. The van der Waals surface area contributed by atoms with E-state index in [1.807, 2.05) is 23.4 Å². The van der Waals surface area contributed by atoms with Gasteiger partial charge in [0.15, 0.2) is 0 Å². The second-order valence-electron chi connectivity index (χ2n) is 8.32. The number of nitrogens with one attached hydrogen (secondary N) is 2. The van der Waals surface area contributed by atoms with Gasteiger partial charge >= 0.3 is 6.03 Å². The van der Waals surface area contributed by atoms with Crippen LogP contribution in [-0.4, -0.2) is 59.8 Å². The number of anilines is 1. The van der Waals surface area contributed by atoms with Gasteiger partial charge in [0, 0.05) is 62.2 Å². The number of carbonyl (C=O) groups excluding carboxylic acids is 1. The molecule has 5 heterocycles. The molecule has 2 aromatic heterocycles. The molecule has 0 bridgehead atoms. The largest absolute Gasteiger partial charge is 0.381 e. The first-order valence-electron chi connectivity index (χ1n) is 10.6. The van der Waals surface area contributed by atoms with E-state index < -0.39 is 0 Å². The zero-order chi connectivity index (χ0) is 18.9. The number of H-pyrrole nitrogens is 1. The van der Waals surface area contributed by atoms with Gasteiger partial charge in [-0.15, -0.1) is 0 Å². The lowest BCUT2D eigenvalue weighted by Gasteiger charge is -2.41. The van der Waals surface area contributed by atoms with Crippen LogP contribution in [0.25, 0.3) is 11.0 Å². The molecule has 2 saturated heterocycles. The summed E-state index contributed by atoms with van der Waals surface area (Å²) in [7, 11) is 0. The van der Waals surface area contributed by atoms with Crippen LogP contribution in [0.1, 0.15) is 37.7 Å². The number of urea groups is 1. The number of fused-ring (bicyclic) bond motifs is 3. The molecule has 0 aliphatic carbocycles. The highest BCUT2D eigenvalue weighted by molar-refractivity contribution is 6.04. The van der Waals surface area contributed by atoms with Crippen molar-refractivity contribution in [3.05, 3.63) is 24.0 Å². The van der Waals surface area contributed by atoms with E-state index in [0.29, 0.717) is 6.54 Å². The number of amides is 2.